The van der Waals surface area contributed by atoms with E-state index in [-0.39, 0.29) is 5.69 Å². The molecule has 0 aliphatic rings. The molecule has 0 aliphatic heterocycles. The lowest BCUT2D eigenvalue weighted by atomic mass is 10.2. The summed E-state index contributed by atoms with van der Waals surface area (Å²) in [5, 5.41) is 16.2. The number of aryl methyl sites for hydroxylation is 2. The Bertz CT molecular complexity index is 566. The summed E-state index contributed by atoms with van der Waals surface area (Å²) in [5.41, 5.74) is 1.23. The van der Waals surface area contributed by atoms with Crippen LogP contribution in [0.4, 0.5) is 0 Å². The van der Waals surface area contributed by atoms with Gasteiger partial charge in [-0.2, -0.15) is 0 Å². The van der Waals surface area contributed by atoms with Gasteiger partial charge in [0.05, 0.1) is 12.8 Å². The highest BCUT2D eigenvalue weighted by atomic mass is 16.5. The molecule has 1 aromatic carbocycles. The second-order valence-corrected chi connectivity index (χ2v) is 4.17. The van der Waals surface area contributed by atoms with E-state index in [1.165, 1.54) is 10.9 Å². The first-order valence-electron chi connectivity index (χ1n) is 5.98. The summed E-state index contributed by atoms with van der Waals surface area (Å²) in [4.78, 5) is 10.8. The summed E-state index contributed by atoms with van der Waals surface area (Å²) in [6, 6.07) is 7.79. The number of hydrogen-bond donors (Lipinski definition) is 1. The minimum absolute atomic E-state index is 0.0931. The summed E-state index contributed by atoms with van der Waals surface area (Å²) in [5.74, 6) is -0.207. The van der Waals surface area contributed by atoms with Gasteiger partial charge in [-0.15, -0.1) is 5.10 Å². The molecule has 1 aromatic heterocycles. The molecule has 0 aliphatic carbocycles. The molecular formula is C13H15N3O3. The van der Waals surface area contributed by atoms with Crippen molar-refractivity contribution in [3.63, 3.8) is 0 Å². The van der Waals surface area contributed by atoms with Crippen LogP contribution in [0.15, 0.2) is 30.5 Å². The number of aromatic nitrogens is 3. The monoisotopic (exact) mass is 261 g/mol. The zero-order valence-corrected chi connectivity index (χ0v) is 10.6. The minimum atomic E-state index is -1.02. The van der Waals surface area contributed by atoms with Crippen LogP contribution in [0.3, 0.4) is 0 Å². The summed E-state index contributed by atoms with van der Waals surface area (Å²) >= 11 is 0. The molecule has 19 heavy (non-hydrogen) atoms. The first-order valence-corrected chi connectivity index (χ1v) is 5.98. The maximum absolute atomic E-state index is 10.8. The molecule has 0 unspecified atom stereocenters. The number of ether oxygens (including phenoxy) is 1. The van der Waals surface area contributed by atoms with Crippen molar-refractivity contribution in [1.82, 2.24) is 15.0 Å². The van der Waals surface area contributed by atoms with Gasteiger partial charge in [-0.3, -0.25) is 0 Å². The van der Waals surface area contributed by atoms with Gasteiger partial charge in [-0.1, -0.05) is 17.3 Å². The first kappa shape index (κ1) is 13.1. The van der Waals surface area contributed by atoms with Gasteiger partial charge in [0.15, 0.2) is 5.69 Å². The van der Waals surface area contributed by atoms with Gasteiger partial charge in [0.1, 0.15) is 5.75 Å². The van der Waals surface area contributed by atoms with Crippen molar-refractivity contribution in [3.05, 3.63) is 41.7 Å². The minimum Gasteiger partial charge on any atom is -0.494 e. The van der Waals surface area contributed by atoms with Crippen LogP contribution in [-0.4, -0.2) is 32.7 Å². The molecular weight excluding hydrogens is 246 g/mol. The molecule has 0 amide bonds. The molecule has 1 heterocycles. The number of nitrogens with zero attached hydrogens (tertiary/aromatic N) is 3. The third-order valence-electron chi connectivity index (χ3n) is 2.61. The van der Waals surface area contributed by atoms with Gasteiger partial charge >= 0.3 is 5.97 Å². The highest BCUT2D eigenvalue weighted by molar-refractivity contribution is 5.85. The molecule has 0 radical (unpaired) electrons. The van der Waals surface area contributed by atoms with Gasteiger partial charge < -0.3 is 9.84 Å². The van der Waals surface area contributed by atoms with Gasteiger partial charge in [-0.05, 0) is 24.6 Å². The standard InChI is InChI=1S/C13H15N3O3/c1-10-4-2-5-11(8-10)19-7-3-6-16-12(13(17)18)9-14-15-16/h2,4-5,8-9H,3,6-7H2,1H3,(H,17,18). The Balaban J connectivity index is 1.81. The van der Waals surface area contributed by atoms with Crippen molar-refractivity contribution in [2.45, 2.75) is 19.9 Å². The molecule has 6 heteroatoms. The average molecular weight is 261 g/mol. The Morgan fingerprint density at radius 3 is 3.05 bits per heavy atom. The van der Waals surface area contributed by atoms with E-state index >= 15 is 0 Å². The Morgan fingerprint density at radius 1 is 1.47 bits per heavy atom. The maximum atomic E-state index is 10.8. The highest BCUT2D eigenvalue weighted by Crippen LogP contribution is 2.12. The van der Waals surface area contributed by atoms with E-state index in [2.05, 4.69) is 10.3 Å². The third kappa shape index (κ3) is 3.54. The van der Waals surface area contributed by atoms with E-state index in [0.29, 0.717) is 19.6 Å². The fourth-order valence-corrected chi connectivity index (χ4v) is 1.70. The van der Waals surface area contributed by atoms with E-state index < -0.39 is 5.97 Å². The van der Waals surface area contributed by atoms with Gasteiger partial charge in [-0.25, -0.2) is 9.48 Å². The van der Waals surface area contributed by atoms with E-state index in [1.807, 2.05) is 31.2 Å². The van der Waals surface area contributed by atoms with E-state index in [0.717, 1.165) is 11.3 Å². The zero-order chi connectivity index (χ0) is 13.7. The van der Waals surface area contributed by atoms with Crippen LogP contribution in [0.5, 0.6) is 5.75 Å². The predicted octanol–water partition coefficient (Wildman–Crippen LogP) is 1.75. The zero-order valence-electron chi connectivity index (χ0n) is 10.6. The van der Waals surface area contributed by atoms with Gasteiger partial charge in [0.2, 0.25) is 0 Å². The summed E-state index contributed by atoms with van der Waals surface area (Å²) in [6.45, 7) is 2.97. The fraction of sp³-hybridized carbons (Fsp3) is 0.308. The number of carboxylic acids is 1. The highest BCUT2D eigenvalue weighted by Gasteiger charge is 2.10. The Hall–Kier alpha value is -2.37. The van der Waals surface area contributed by atoms with Gasteiger partial charge in [0, 0.05) is 13.0 Å². The molecule has 0 saturated heterocycles. The molecule has 2 rings (SSSR count). The number of hydrogen-bond acceptors (Lipinski definition) is 4. The number of aromatic carboxylic acids is 1. The van der Waals surface area contributed by atoms with Crippen molar-refractivity contribution < 1.29 is 14.6 Å². The summed E-state index contributed by atoms with van der Waals surface area (Å²) in [7, 11) is 0. The van der Waals surface area contributed by atoms with Crippen LogP contribution >= 0.6 is 0 Å². The Kier molecular flexibility index (Phi) is 4.12. The number of carboxylic acid groups (broad SMARTS) is 1. The summed E-state index contributed by atoms with van der Waals surface area (Å²) in [6.07, 6.45) is 1.90. The van der Waals surface area contributed by atoms with E-state index in [9.17, 15) is 4.79 Å². The van der Waals surface area contributed by atoms with Crippen molar-refractivity contribution in [2.24, 2.45) is 0 Å². The second-order valence-electron chi connectivity index (χ2n) is 4.17. The topological polar surface area (TPSA) is 77.2 Å². The third-order valence-corrected chi connectivity index (χ3v) is 2.61. The van der Waals surface area contributed by atoms with Crippen molar-refractivity contribution in [2.75, 3.05) is 6.61 Å². The maximum Gasteiger partial charge on any atom is 0.355 e. The SMILES string of the molecule is Cc1cccc(OCCCn2nncc2C(=O)O)c1. The molecule has 100 valence electrons. The van der Waals surface area contributed by atoms with Crippen LogP contribution < -0.4 is 4.74 Å². The molecule has 0 bridgehead atoms. The predicted molar refractivity (Wildman–Crippen MR) is 68.3 cm³/mol. The molecule has 1 N–H and O–H groups in total. The van der Waals surface area contributed by atoms with Crippen LogP contribution in [0.25, 0.3) is 0 Å². The first-order chi connectivity index (χ1) is 9.16. The van der Waals surface area contributed by atoms with Crippen LogP contribution in [0, 0.1) is 6.92 Å². The lowest BCUT2D eigenvalue weighted by Gasteiger charge is -2.07. The average Bonchev–Trinajstić information content (AvgIpc) is 2.83. The van der Waals surface area contributed by atoms with Crippen molar-refractivity contribution >= 4 is 5.97 Å². The van der Waals surface area contributed by atoms with Crippen molar-refractivity contribution in [1.29, 1.82) is 0 Å². The normalized spacial score (nSPS) is 10.4. The van der Waals surface area contributed by atoms with Gasteiger partial charge in [0.25, 0.3) is 0 Å². The Labute approximate surface area is 110 Å². The lowest BCUT2D eigenvalue weighted by molar-refractivity contribution is 0.0682. The van der Waals surface area contributed by atoms with Crippen LogP contribution in [-0.2, 0) is 6.54 Å². The number of rotatable bonds is 6. The second kappa shape index (κ2) is 5.99. The molecule has 2 aromatic rings. The molecule has 0 saturated carbocycles. The van der Waals surface area contributed by atoms with Crippen molar-refractivity contribution in [3.8, 4) is 5.75 Å². The number of carbonyl (C=O) groups is 1. The molecule has 0 spiro atoms. The molecule has 6 nitrogen and oxygen atoms in total. The summed E-state index contributed by atoms with van der Waals surface area (Å²) < 4.78 is 6.94. The fourth-order valence-electron chi connectivity index (χ4n) is 1.70. The molecule has 0 atom stereocenters. The number of benzene rings is 1. The quantitative estimate of drug-likeness (QED) is 0.802. The lowest BCUT2D eigenvalue weighted by Crippen LogP contribution is -2.12. The van der Waals surface area contributed by atoms with Crippen LogP contribution in [0.2, 0.25) is 0 Å². The smallest absolute Gasteiger partial charge is 0.355 e. The molecule has 0 fully saturated rings. The Morgan fingerprint density at radius 2 is 2.32 bits per heavy atom. The van der Waals surface area contributed by atoms with Crippen LogP contribution in [0.1, 0.15) is 22.5 Å². The van der Waals surface area contributed by atoms with E-state index in [4.69, 9.17) is 9.84 Å². The van der Waals surface area contributed by atoms with E-state index in [1.54, 1.807) is 0 Å². The largest absolute Gasteiger partial charge is 0.494 e.